The van der Waals surface area contributed by atoms with Gasteiger partial charge < -0.3 is 19.9 Å². The third-order valence-corrected chi connectivity index (χ3v) is 5.34. The summed E-state index contributed by atoms with van der Waals surface area (Å²) in [5, 5.41) is 21.1. The lowest BCUT2D eigenvalue weighted by molar-refractivity contribution is -0.112. The fourth-order valence-corrected chi connectivity index (χ4v) is 3.37. The summed E-state index contributed by atoms with van der Waals surface area (Å²) in [6.07, 6.45) is 1.35. The zero-order valence-electron chi connectivity index (χ0n) is 17.8. The first-order valence-electron chi connectivity index (χ1n) is 9.82. The van der Waals surface area contributed by atoms with Gasteiger partial charge in [0, 0.05) is 15.7 Å². The highest BCUT2D eigenvalue weighted by Gasteiger charge is 2.15. The zero-order valence-corrected chi connectivity index (χ0v) is 19.4. The van der Waals surface area contributed by atoms with Gasteiger partial charge in [-0.15, -0.1) is 0 Å². The lowest BCUT2D eigenvalue weighted by Crippen LogP contribution is -2.14. The van der Waals surface area contributed by atoms with E-state index in [-0.39, 0.29) is 23.4 Å². The van der Waals surface area contributed by atoms with E-state index in [1.165, 1.54) is 43.5 Å². The molecule has 0 aromatic heterocycles. The second-order valence-corrected chi connectivity index (χ2v) is 7.77. The molecule has 172 valence electrons. The van der Waals surface area contributed by atoms with Crippen molar-refractivity contribution in [3.63, 3.8) is 0 Å². The SMILES string of the molecule is COc1cc(/C=C(/C#N)C(=O)Nc2cccc(C(=O)O)c2)c(Br)cc1OCc1ccccc1F. The van der Waals surface area contributed by atoms with Gasteiger partial charge in [0.2, 0.25) is 0 Å². The second kappa shape index (κ2) is 11.1. The number of anilines is 1. The summed E-state index contributed by atoms with van der Waals surface area (Å²) in [6, 6.07) is 16.9. The number of nitrogens with one attached hydrogen (secondary N) is 1. The van der Waals surface area contributed by atoms with Gasteiger partial charge in [0.1, 0.15) is 24.1 Å². The van der Waals surface area contributed by atoms with Gasteiger partial charge in [-0.2, -0.15) is 5.26 Å². The first kappa shape index (κ1) is 24.5. The highest BCUT2D eigenvalue weighted by atomic mass is 79.9. The molecular formula is C25H18BrFN2O5. The summed E-state index contributed by atoms with van der Waals surface area (Å²) in [5.41, 5.74) is 0.850. The average molecular weight is 525 g/mol. The molecule has 7 nitrogen and oxygen atoms in total. The van der Waals surface area contributed by atoms with Crippen LogP contribution in [-0.4, -0.2) is 24.1 Å². The number of methoxy groups -OCH3 is 1. The van der Waals surface area contributed by atoms with Crippen LogP contribution in [0.4, 0.5) is 10.1 Å². The maximum atomic E-state index is 13.9. The molecule has 0 aliphatic heterocycles. The Bertz CT molecular complexity index is 1320. The number of hydrogen-bond donors (Lipinski definition) is 2. The van der Waals surface area contributed by atoms with E-state index in [1.54, 1.807) is 30.3 Å². The number of nitrogens with zero attached hydrogens (tertiary/aromatic N) is 1. The van der Waals surface area contributed by atoms with Gasteiger partial charge in [0.25, 0.3) is 5.91 Å². The summed E-state index contributed by atoms with van der Waals surface area (Å²) in [5.74, 6) is -1.59. The molecule has 0 heterocycles. The largest absolute Gasteiger partial charge is 0.493 e. The molecule has 0 radical (unpaired) electrons. The van der Waals surface area contributed by atoms with E-state index in [2.05, 4.69) is 21.2 Å². The van der Waals surface area contributed by atoms with Crippen LogP contribution in [0.15, 0.2) is 70.7 Å². The Morgan fingerprint density at radius 1 is 1.15 bits per heavy atom. The van der Waals surface area contributed by atoms with Crippen LogP contribution in [0.25, 0.3) is 6.08 Å². The number of rotatable bonds is 8. The molecule has 3 rings (SSSR count). The van der Waals surface area contributed by atoms with Crippen molar-refractivity contribution in [2.24, 2.45) is 0 Å². The van der Waals surface area contributed by atoms with Crippen molar-refractivity contribution in [1.29, 1.82) is 5.26 Å². The highest BCUT2D eigenvalue weighted by molar-refractivity contribution is 9.10. The van der Waals surface area contributed by atoms with E-state index in [4.69, 9.17) is 14.6 Å². The first-order chi connectivity index (χ1) is 16.3. The topological polar surface area (TPSA) is 109 Å². The van der Waals surface area contributed by atoms with E-state index in [0.717, 1.165) is 0 Å². The number of aromatic carboxylic acids is 1. The van der Waals surface area contributed by atoms with Gasteiger partial charge in [-0.3, -0.25) is 4.79 Å². The van der Waals surface area contributed by atoms with Crippen molar-refractivity contribution in [3.8, 4) is 17.6 Å². The Balaban J connectivity index is 1.83. The molecule has 3 aromatic rings. The van der Waals surface area contributed by atoms with Crippen LogP contribution < -0.4 is 14.8 Å². The van der Waals surface area contributed by atoms with Crippen LogP contribution in [-0.2, 0) is 11.4 Å². The van der Waals surface area contributed by atoms with Crippen LogP contribution in [0.3, 0.4) is 0 Å². The van der Waals surface area contributed by atoms with E-state index in [1.807, 2.05) is 6.07 Å². The molecule has 0 saturated heterocycles. The van der Waals surface area contributed by atoms with Gasteiger partial charge in [0.05, 0.1) is 12.7 Å². The minimum absolute atomic E-state index is 0.00117. The molecule has 0 unspecified atom stereocenters. The predicted octanol–water partition coefficient (Wildman–Crippen LogP) is 5.42. The molecule has 0 bridgehead atoms. The van der Waals surface area contributed by atoms with Gasteiger partial charge in [-0.25, -0.2) is 9.18 Å². The highest BCUT2D eigenvalue weighted by Crippen LogP contribution is 2.35. The molecule has 0 atom stereocenters. The van der Waals surface area contributed by atoms with Crippen molar-refractivity contribution in [2.75, 3.05) is 12.4 Å². The Morgan fingerprint density at radius 3 is 2.59 bits per heavy atom. The van der Waals surface area contributed by atoms with Gasteiger partial charge in [-0.05, 0) is 48.0 Å². The summed E-state index contributed by atoms with van der Waals surface area (Å²) >= 11 is 3.39. The Hall–Kier alpha value is -4.16. The van der Waals surface area contributed by atoms with Crippen LogP contribution in [0.1, 0.15) is 21.5 Å². The fraction of sp³-hybridized carbons (Fsp3) is 0.0800. The van der Waals surface area contributed by atoms with E-state index in [0.29, 0.717) is 27.1 Å². The van der Waals surface area contributed by atoms with Crippen LogP contribution in [0.5, 0.6) is 11.5 Å². The van der Waals surface area contributed by atoms with E-state index < -0.39 is 17.7 Å². The fourth-order valence-electron chi connectivity index (χ4n) is 2.94. The average Bonchev–Trinajstić information content (AvgIpc) is 2.83. The van der Waals surface area contributed by atoms with Crippen molar-refractivity contribution in [2.45, 2.75) is 6.61 Å². The van der Waals surface area contributed by atoms with Crippen molar-refractivity contribution < 1.29 is 28.6 Å². The lowest BCUT2D eigenvalue weighted by Gasteiger charge is -2.13. The molecule has 34 heavy (non-hydrogen) atoms. The van der Waals surface area contributed by atoms with Gasteiger partial charge in [0.15, 0.2) is 11.5 Å². The number of carboxylic acid groups (broad SMARTS) is 1. The van der Waals surface area contributed by atoms with Crippen molar-refractivity contribution in [3.05, 3.63) is 93.2 Å². The quantitative estimate of drug-likeness (QED) is 0.300. The zero-order chi connectivity index (χ0) is 24.7. The van der Waals surface area contributed by atoms with Crippen LogP contribution in [0, 0.1) is 17.1 Å². The Morgan fingerprint density at radius 2 is 1.91 bits per heavy atom. The maximum absolute atomic E-state index is 13.9. The summed E-state index contributed by atoms with van der Waals surface area (Å²) in [6.45, 7) is -0.0219. The molecule has 2 N–H and O–H groups in total. The molecule has 3 aromatic carbocycles. The smallest absolute Gasteiger partial charge is 0.335 e. The maximum Gasteiger partial charge on any atom is 0.335 e. The molecule has 0 aliphatic rings. The lowest BCUT2D eigenvalue weighted by atomic mass is 10.1. The molecule has 1 amide bonds. The molecule has 9 heteroatoms. The molecule has 0 fully saturated rings. The minimum Gasteiger partial charge on any atom is -0.493 e. The Kier molecular flexibility index (Phi) is 8.01. The van der Waals surface area contributed by atoms with Gasteiger partial charge in [-0.1, -0.05) is 40.2 Å². The van der Waals surface area contributed by atoms with E-state index in [9.17, 15) is 19.2 Å². The number of hydrogen-bond acceptors (Lipinski definition) is 5. The van der Waals surface area contributed by atoms with Crippen molar-refractivity contribution >= 4 is 39.6 Å². The molecule has 0 spiro atoms. The number of benzene rings is 3. The monoisotopic (exact) mass is 524 g/mol. The summed E-state index contributed by atoms with van der Waals surface area (Å²) in [4.78, 5) is 23.7. The molecular weight excluding hydrogens is 507 g/mol. The standard InChI is InChI=1S/C25H18BrFN2O5/c1-33-22-11-17(20(26)12-23(22)34-14-16-5-2-3-8-21(16)27)9-18(13-28)24(30)29-19-7-4-6-15(10-19)25(31)32/h2-12H,14H2,1H3,(H,29,30)(H,31,32)/b18-9-. The first-order valence-corrected chi connectivity index (χ1v) is 10.6. The van der Waals surface area contributed by atoms with E-state index >= 15 is 0 Å². The number of carbonyl (C=O) groups is 2. The van der Waals surface area contributed by atoms with Crippen molar-refractivity contribution in [1.82, 2.24) is 0 Å². The van der Waals surface area contributed by atoms with Crippen LogP contribution >= 0.6 is 15.9 Å². The number of nitriles is 1. The van der Waals surface area contributed by atoms with Crippen LogP contribution in [0.2, 0.25) is 0 Å². The third-order valence-electron chi connectivity index (χ3n) is 4.66. The number of halogens is 2. The summed E-state index contributed by atoms with van der Waals surface area (Å²) in [7, 11) is 1.43. The summed E-state index contributed by atoms with van der Waals surface area (Å²) < 4.78 is 25.4. The number of carbonyl (C=O) groups excluding carboxylic acids is 1. The number of amides is 1. The third kappa shape index (κ3) is 5.99. The second-order valence-electron chi connectivity index (χ2n) is 6.91. The Labute approximate surface area is 203 Å². The normalized spacial score (nSPS) is 10.8. The minimum atomic E-state index is -1.14. The number of carboxylic acids is 1. The predicted molar refractivity (Wildman–Crippen MR) is 127 cm³/mol. The molecule has 0 saturated carbocycles. The molecule has 0 aliphatic carbocycles. The number of ether oxygens (including phenoxy) is 2. The van der Waals surface area contributed by atoms with Gasteiger partial charge >= 0.3 is 5.97 Å².